The quantitative estimate of drug-likeness (QED) is 0.272. The van der Waals surface area contributed by atoms with E-state index in [0.717, 1.165) is 35.0 Å². The fourth-order valence-electron chi connectivity index (χ4n) is 4.16. The van der Waals surface area contributed by atoms with Crippen molar-refractivity contribution in [3.63, 3.8) is 0 Å². The third-order valence-corrected chi connectivity index (χ3v) is 7.90. The van der Waals surface area contributed by atoms with Crippen molar-refractivity contribution in [3.05, 3.63) is 56.3 Å². The van der Waals surface area contributed by atoms with E-state index in [0.29, 0.717) is 47.2 Å². The Bertz CT molecular complexity index is 1380. The molecule has 0 saturated heterocycles. The monoisotopic (exact) mass is 484 g/mol. The van der Waals surface area contributed by atoms with Crippen LogP contribution in [-0.2, 0) is 31.6 Å². The van der Waals surface area contributed by atoms with E-state index in [1.807, 2.05) is 18.2 Å². The van der Waals surface area contributed by atoms with Crippen LogP contribution in [0.5, 0.6) is 11.5 Å². The number of benzene rings is 1. The van der Waals surface area contributed by atoms with Gasteiger partial charge in [-0.3, -0.25) is 9.36 Å². The lowest BCUT2D eigenvalue weighted by atomic mass is 10.1. The summed E-state index contributed by atoms with van der Waals surface area (Å²) in [5, 5.41) is 9.42. The zero-order chi connectivity index (χ0) is 22.9. The third-order valence-electron chi connectivity index (χ3n) is 5.75. The highest BCUT2D eigenvalue weighted by Gasteiger charge is 2.23. The number of aromatic nitrogens is 4. The van der Waals surface area contributed by atoms with Gasteiger partial charge in [0.1, 0.15) is 4.83 Å². The van der Waals surface area contributed by atoms with Gasteiger partial charge in [-0.05, 0) is 48.9 Å². The van der Waals surface area contributed by atoms with E-state index in [1.165, 1.54) is 22.2 Å². The predicted octanol–water partition coefficient (Wildman–Crippen LogP) is 4.19. The first-order valence-corrected chi connectivity index (χ1v) is 12.6. The normalized spacial score (nSPS) is 12.9. The van der Waals surface area contributed by atoms with E-state index < -0.39 is 0 Å². The number of nitrogens with zero attached hydrogens (tertiary/aromatic N) is 4. The van der Waals surface area contributed by atoms with Gasteiger partial charge in [-0.25, -0.2) is 4.98 Å². The molecule has 33 heavy (non-hydrogen) atoms. The molecule has 0 fully saturated rings. The van der Waals surface area contributed by atoms with Crippen LogP contribution < -0.4 is 15.0 Å². The molecule has 0 unspecified atom stereocenters. The molecule has 3 heterocycles. The minimum atomic E-state index is 0.0316. The number of thioether (sulfide) groups is 1. The molecule has 172 valence electrons. The Morgan fingerprint density at radius 3 is 2.79 bits per heavy atom. The lowest BCUT2D eigenvalue weighted by Crippen LogP contribution is -2.24. The molecular formula is C23H24N4O4S2. The second kappa shape index (κ2) is 9.18. The van der Waals surface area contributed by atoms with Gasteiger partial charge >= 0.3 is 0 Å². The van der Waals surface area contributed by atoms with Crippen molar-refractivity contribution in [1.29, 1.82) is 0 Å². The molecule has 1 aromatic carbocycles. The number of fused-ring (bicyclic) bond motifs is 3. The molecule has 0 N–H and O–H groups in total. The summed E-state index contributed by atoms with van der Waals surface area (Å²) >= 11 is 3.10. The highest BCUT2D eigenvalue weighted by molar-refractivity contribution is 7.98. The molecule has 8 nitrogen and oxygen atoms in total. The van der Waals surface area contributed by atoms with Crippen LogP contribution in [0.2, 0.25) is 0 Å². The van der Waals surface area contributed by atoms with Gasteiger partial charge < -0.3 is 13.9 Å². The van der Waals surface area contributed by atoms with Crippen molar-refractivity contribution in [3.8, 4) is 11.5 Å². The van der Waals surface area contributed by atoms with Gasteiger partial charge in [0.05, 0.1) is 25.4 Å². The van der Waals surface area contributed by atoms with E-state index in [4.69, 9.17) is 18.9 Å². The average Bonchev–Trinajstić information content (AvgIpc) is 3.52. The second-order valence-electron chi connectivity index (χ2n) is 7.83. The van der Waals surface area contributed by atoms with E-state index in [9.17, 15) is 4.79 Å². The second-order valence-corrected chi connectivity index (χ2v) is 9.86. The van der Waals surface area contributed by atoms with Crippen molar-refractivity contribution >= 4 is 33.3 Å². The number of thiophene rings is 1. The lowest BCUT2D eigenvalue weighted by molar-refractivity contribution is 0.354. The molecule has 0 saturated carbocycles. The van der Waals surface area contributed by atoms with Gasteiger partial charge in [-0.1, -0.05) is 17.8 Å². The maximum Gasteiger partial charge on any atom is 0.263 e. The van der Waals surface area contributed by atoms with Crippen molar-refractivity contribution in [2.24, 2.45) is 0 Å². The van der Waals surface area contributed by atoms with Crippen LogP contribution >= 0.6 is 23.1 Å². The number of rotatable bonds is 8. The summed E-state index contributed by atoms with van der Waals surface area (Å²) < 4.78 is 18.1. The summed E-state index contributed by atoms with van der Waals surface area (Å²) in [5.41, 5.74) is 2.28. The van der Waals surface area contributed by atoms with Gasteiger partial charge in [-0.2, -0.15) is 0 Å². The lowest BCUT2D eigenvalue weighted by Gasteiger charge is -2.13. The van der Waals surface area contributed by atoms with Gasteiger partial charge in [0, 0.05) is 18.3 Å². The number of aryl methyl sites for hydroxylation is 4. The van der Waals surface area contributed by atoms with E-state index >= 15 is 0 Å². The molecule has 1 aliphatic rings. The Labute approximate surface area is 199 Å². The van der Waals surface area contributed by atoms with Gasteiger partial charge in [0.25, 0.3) is 5.56 Å². The van der Waals surface area contributed by atoms with Gasteiger partial charge in [-0.15, -0.1) is 21.5 Å². The summed E-state index contributed by atoms with van der Waals surface area (Å²) in [5.74, 6) is 2.86. The Hall–Kier alpha value is -2.85. The zero-order valence-electron chi connectivity index (χ0n) is 18.7. The fourth-order valence-corrected chi connectivity index (χ4v) is 6.33. The highest BCUT2D eigenvalue weighted by Crippen LogP contribution is 2.36. The molecule has 5 rings (SSSR count). The van der Waals surface area contributed by atoms with Crippen molar-refractivity contribution in [1.82, 2.24) is 19.7 Å². The molecule has 0 radical (unpaired) electrons. The van der Waals surface area contributed by atoms with Gasteiger partial charge in [0.2, 0.25) is 11.8 Å². The smallest absolute Gasteiger partial charge is 0.263 e. The summed E-state index contributed by atoms with van der Waals surface area (Å²) in [6.07, 6.45) is 3.75. The summed E-state index contributed by atoms with van der Waals surface area (Å²) in [6, 6.07) is 5.83. The molecule has 0 amide bonds. The Kier molecular flexibility index (Phi) is 6.11. The third kappa shape index (κ3) is 4.24. The Morgan fingerprint density at radius 1 is 1.18 bits per heavy atom. The van der Waals surface area contributed by atoms with Crippen molar-refractivity contribution in [2.45, 2.75) is 50.1 Å². The van der Waals surface area contributed by atoms with Crippen LogP contribution in [0.4, 0.5) is 0 Å². The zero-order valence-corrected chi connectivity index (χ0v) is 20.3. The fraction of sp³-hybridized carbons (Fsp3) is 0.391. The van der Waals surface area contributed by atoms with Crippen LogP contribution in [0.25, 0.3) is 10.2 Å². The molecule has 0 spiro atoms. The standard InChI is InChI=1S/C23H24N4O4S2/c1-13-25-26-19(31-13)12-32-23-24-21-20(15-5-4-6-18(15)33-21)22(28)27(23)10-9-14-7-8-16(29-2)17(11-14)30-3/h7-8,11H,4-6,9-10,12H2,1-3H3. The summed E-state index contributed by atoms with van der Waals surface area (Å²) in [4.78, 5) is 20.7. The molecule has 0 atom stereocenters. The largest absolute Gasteiger partial charge is 0.493 e. The minimum Gasteiger partial charge on any atom is -0.493 e. The van der Waals surface area contributed by atoms with E-state index in [2.05, 4.69) is 10.2 Å². The number of ether oxygens (including phenoxy) is 2. The van der Waals surface area contributed by atoms with Crippen LogP contribution in [0.1, 0.15) is 34.2 Å². The first-order valence-electron chi connectivity index (χ1n) is 10.7. The molecule has 3 aromatic heterocycles. The molecule has 4 aromatic rings. The van der Waals surface area contributed by atoms with Crippen LogP contribution in [-0.4, -0.2) is 34.0 Å². The van der Waals surface area contributed by atoms with E-state index in [1.54, 1.807) is 37.0 Å². The van der Waals surface area contributed by atoms with Gasteiger partial charge in [0.15, 0.2) is 16.7 Å². The number of hydrogen-bond acceptors (Lipinski definition) is 9. The van der Waals surface area contributed by atoms with Crippen LogP contribution in [0.3, 0.4) is 0 Å². The number of hydrogen-bond donors (Lipinski definition) is 0. The predicted molar refractivity (Wildman–Crippen MR) is 128 cm³/mol. The van der Waals surface area contributed by atoms with Crippen LogP contribution in [0.15, 0.2) is 32.6 Å². The van der Waals surface area contributed by atoms with Crippen molar-refractivity contribution < 1.29 is 13.9 Å². The highest BCUT2D eigenvalue weighted by atomic mass is 32.2. The SMILES string of the molecule is COc1ccc(CCn2c(SCc3nnc(C)o3)nc3sc4c(c3c2=O)CCC4)cc1OC. The van der Waals surface area contributed by atoms with Crippen LogP contribution in [0, 0.1) is 6.92 Å². The molecular weight excluding hydrogens is 460 g/mol. The average molecular weight is 485 g/mol. The molecule has 0 bridgehead atoms. The maximum atomic E-state index is 13.7. The molecule has 1 aliphatic carbocycles. The summed E-state index contributed by atoms with van der Waals surface area (Å²) in [6.45, 7) is 2.27. The maximum absolute atomic E-state index is 13.7. The first kappa shape index (κ1) is 22.0. The molecule has 10 heteroatoms. The number of methoxy groups -OCH3 is 2. The minimum absolute atomic E-state index is 0.0316. The Balaban J connectivity index is 1.49. The van der Waals surface area contributed by atoms with E-state index in [-0.39, 0.29) is 5.56 Å². The van der Waals surface area contributed by atoms with Crippen molar-refractivity contribution in [2.75, 3.05) is 14.2 Å². The topological polar surface area (TPSA) is 92.3 Å². The summed E-state index contributed by atoms with van der Waals surface area (Å²) in [7, 11) is 3.24. The molecule has 0 aliphatic heterocycles. The first-order chi connectivity index (χ1) is 16.1. The Morgan fingerprint density at radius 2 is 2.03 bits per heavy atom.